The lowest BCUT2D eigenvalue weighted by Gasteiger charge is -2.29. The van der Waals surface area contributed by atoms with Crippen molar-refractivity contribution in [3.8, 4) is 16.9 Å². The third-order valence-electron chi connectivity index (χ3n) is 6.56. The molecule has 2 heterocycles. The molecule has 0 radical (unpaired) electrons. The summed E-state index contributed by atoms with van der Waals surface area (Å²) in [6.45, 7) is 4.90. The Morgan fingerprint density at radius 1 is 1.05 bits per heavy atom. The zero-order valence-electron chi connectivity index (χ0n) is 20.2. The quantitative estimate of drug-likeness (QED) is 0.218. The molecule has 0 amide bonds. The van der Waals surface area contributed by atoms with Gasteiger partial charge in [-0.3, -0.25) is 15.0 Å². The van der Waals surface area contributed by atoms with Crippen LogP contribution >= 0.6 is 0 Å². The molecule has 5 rings (SSSR count). The van der Waals surface area contributed by atoms with Gasteiger partial charge in [-0.15, -0.1) is 0 Å². The Balaban J connectivity index is 1.40. The standard InChI is InChI=1S/C28H27F2N3O4/c29-22-7-8-24(25(30)18-22)20-4-1-6-23(16-20)32-10-2-5-21-17-27(33(34)35)28(19-26(21)32)37-13-3-9-31-11-14-36-15-12-31/h1-2,4-8,16-19H,3,9-15H2. The van der Waals surface area contributed by atoms with Crippen LogP contribution in [-0.2, 0) is 4.74 Å². The van der Waals surface area contributed by atoms with Crippen molar-refractivity contribution >= 4 is 23.1 Å². The molecule has 0 N–H and O–H groups in total. The van der Waals surface area contributed by atoms with Crippen molar-refractivity contribution in [2.45, 2.75) is 6.42 Å². The van der Waals surface area contributed by atoms with Crippen molar-refractivity contribution in [3.05, 3.63) is 88.0 Å². The Hall–Kier alpha value is -3.82. The zero-order chi connectivity index (χ0) is 25.8. The van der Waals surface area contributed by atoms with Crippen LogP contribution in [0.2, 0.25) is 0 Å². The van der Waals surface area contributed by atoms with E-state index in [9.17, 15) is 18.9 Å². The van der Waals surface area contributed by atoms with Gasteiger partial charge in [-0.1, -0.05) is 24.3 Å². The van der Waals surface area contributed by atoms with Crippen LogP contribution in [0.25, 0.3) is 17.2 Å². The van der Waals surface area contributed by atoms with E-state index in [4.69, 9.17) is 9.47 Å². The maximum Gasteiger partial charge on any atom is 0.311 e. The van der Waals surface area contributed by atoms with E-state index in [1.165, 1.54) is 18.2 Å². The summed E-state index contributed by atoms with van der Waals surface area (Å²) in [5, 5.41) is 11.8. The van der Waals surface area contributed by atoms with Crippen molar-refractivity contribution in [3.63, 3.8) is 0 Å². The summed E-state index contributed by atoms with van der Waals surface area (Å²) in [4.78, 5) is 15.7. The number of hydrogen-bond donors (Lipinski definition) is 0. The predicted octanol–water partition coefficient (Wildman–Crippen LogP) is 5.81. The van der Waals surface area contributed by atoms with Crippen LogP contribution in [0, 0.1) is 21.7 Å². The average molecular weight is 508 g/mol. The van der Waals surface area contributed by atoms with E-state index in [0.29, 0.717) is 29.8 Å². The fourth-order valence-corrected chi connectivity index (χ4v) is 4.69. The van der Waals surface area contributed by atoms with E-state index in [-0.39, 0.29) is 11.4 Å². The number of benzene rings is 3. The predicted molar refractivity (Wildman–Crippen MR) is 138 cm³/mol. The van der Waals surface area contributed by atoms with Crippen LogP contribution in [0.3, 0.4) is 0 Å². The third kappa shape index (κ3) is 5.63. The highest BCUT2D eigenvalue weighted by atomic mass is 19.1. The first kappa shape index (κ1) is 24.9. The zero-order valence-corrected chi connectivity index (χ0v) is 20.2. The first-order chi connectivity index (χ1) is 18.0. The molecular formula is C28H27F2N3O4. The highest BCUT2D eigenvalue weighted by Gasteiger charge is 2.24. The molecular weight excluding hydrogens is 480 g/mol. The summed E-state index contributed by atoms with van der Waals surface area (Å²) in [7, 11) is 0. The minimum absolute atomic E-state index is 0.0845. The molecule has 0 spiro atoms. The molecule has 3 aromatic carbocycles. The second kappa shape index (κ2) is 11.1. The van der Waals surface area contributed by atoms with Crippen LogP contribution < -0.4 is 9.64 Å². The van der Waals surface area contributed by atoms with Crippen LogP contribution in [-0.4, -0.2) is 55.8 Å². The van der Waals surface area contributed by atoms with Crippen molar-refractivity contribution in [2.24, 2.45) is 0 Å². The van der Waals surface area contributed by atoms with Gasteiger partial charge in [-0.25, -0.2) is 8.78 Å². The lowest BCUT2D eigenvalue weighted by molar-refractivity contribution is -0.385. The highest BCUT2D eigenvalue weighted by molar-refractivity contribution is 5.82. The van der Waals surface area contributed by atoms with Gasteiger partial charge in [0, 0.05) is 61.2 Å². The Kier molecular flexibility index (Phi) is 7.43. The molecule has 37 heavy (non-hydrogen) atoms. The summed E-state index contributed by atoms with van der Waals surface area (Å²) < 4.78 is 39.1. The Labute approximate surface area is 213 Å². The Morgan fingerprint density at radius 2 is 1.89 bits per heavy atom. The monoisotopic (exact) mass is 507 g/mol. The molecule has 1 fully saturated rings. The van der Waals surface area contributed by atoms with Gasteiger partial charge in [0.2, 0.25) is 0 Å². The van der Waals surface area contributed by atoms with Gasteiger partial charge >= 0.3 is 5.69 Å². The fourth-order valence-electron chi connectivity index (χ4n) is 4.69. The number of fused-ring (bicyclic) bond motifs is 1. The van der Waals surface area contributed by atoms with E-state index >= 15 is 0 Å². The molecule has 1 saturated heterocycles. The van der Waals surface area contributed by atoms with Crippen LogP contribution in [0.4, 0.5) is 25.8 Å². The Morgan fingerprint density at radius 3 is 2.68 bits per heavy atom. The van der Waals surface area contributed by atoms with E-state index in [1.54, 1.807) is 18.2 Å². The number of anilines is 2. The molecule has 0 unspecified atom stereocenters. The van der Waals surface area contributed by atoms with Gasteiger partial charge in [-0.05, 0) is 36.2 Å². The molecule has 3 aromatic rings. The number of rotatable bonds is 8. The smallest absolute Gasteiger partial charge is 0.311 e. The molecule has 0 saturated carbocycles. The number of hydrogen-bond acceptors (Lipinski definition) is 6. The van der Waals surface area contributed by atoms with Crippen molar-refractivity contribution in [1.82, 2.24) is 4.90 Å². The highest BCUT2D eigenvalue weighted by Crippen LogP contribution is 2.41. The summed E-state index contributed by atoms with van der Waals surface area (Å²) in [5.74, 6) is -1.06. The summed E-state index contributed by atoms with van der Waals surface area (Å²) in [5.41, 5.74) is 3.04. The van der Waals surface area contributed by atoms with Crippen LogP contribution in [0.15, 0.2) is 60.7 Å². The molecule has 7 nitrogen and oxygen atoms in total. The molecule has 0 bridgehead atoms. The third-order valence-corrected chi connectivity index (χ3v) is 6.56. The maximum absolute atomic E-state index is 14.4. The number of nitro groups is 1. The van der Waals surface area contributed by atoms with Gasteiger partial charge in [0.25, 0.3) is 0 Å². The van der Waals surface area contributed by atoms with Crippen molar-refractivity contribution in [2.75, 3.05) is 50.9 Å². The van der Waals surface area contributed by atoms with Gasteiger partial charge < -0.3 is 14.4 Å². The maximum atomic E-state index is 14.4. The minimum atomic E-state index is -0.639. The number of nitro benzene ring substituents is 1. The number of halogens is 2. The summed E-state index contributed by atoms with van der Waals surface area (Å²) in [6.07, 6.45) is 4.51. The minimum Gasteiger partial charge on any atom is -0.487 e. The van der Waals surface area contributed by atoms with Crippen molar-refractivity contribution in [1.29, 1.82) is 0 Å². The number of nitrogens with zero attached hydrogens (tertiary/aromatic N) is 3. The lowest BCUT2D eigenvalue weighted by Crippen LogP contribution is -2.37. The number of morpholine rings is 1. The largest absolute Gasteiger partial charge is 0.487 e. The molecule has 192 valence electrons. The number of ether oxygens (including phenoxy) is 2. The van der Waals surface area contributed by atoms with Gasteiger partial charge in [0.1, 0.15) is 11.6 Å². The molecule has 0 aliphatic carbocycles. The van der Waals surface area contributed by atoms with E-state index < -0.39 is 16.6 Å². The normalized spacial score (nSPS) is 15.5. The second-order valence-electron chi connectivity index (χ2n) is 8.98. The first-order valence-electron chi connectivity index (χ1n) is 12.2. The van der Waals surface area contributed by atoms with Gasteiger partial charge in [0.05, 0.1) is 30.4 Å². The summed E-state index contributed by atoms with van der Waals surface area (Å²) >= 11 is 0. The first-order valence-corrected chi connectivity index (χ1v) is 12.2. The SMILES string of the molecule is O=[N+]([O-])c1cc2c(cc1OCCCN1CCOCC1)N(c1cccc(-c3ccc(F)cc3F)c1)CC=C2. The van der Waals surface area contributed by atoms with Crippen LogP contribution in [0.1, 0.15) is 12.0 Å². The van der Waals surface area contributed by atoms with Gasteiger partial charge in [0.15, 0.2) is 5.75 Å². The van der Waals surface area contributed by atoms with Crippen molar-refractivity contribution < 1.29 is 23.2 Å². The van der Waals surface area contributed by atoms with E-state index in [1.807, 2.05) is 29.2 Å². The van der Waals surface area contributed by atoms with Crippen LogP contribution in [0.5, 0.6) is 5.75 Å². The molecule has 0 atom stereocenters. The topological polar surface area (TPSA) is 68.1 Å². The molecule has 0 aromatic heterocycles. The fraction of sp³-hybridized carbons (Fsp3) is 0.286. The second-order valence-corrected chi connectivity index (χ2v) is 8.98. The molecule has 2 aliphatic heterocycles. The van der Waals surface area contributed by atoms with E-state index in [0.717, 1.165) is 56.7 Å². The molecule has 9 heteroatoms. The van der Waals surface area contributed by atoms with E-state index in [2.05, 4.69) is 4.90 Å². The molecule has 2 aliphatic rings. The summed E-state index contributed by atoms with van der Waals surface area (Å²) in [6, 6.07) is 14.0. The average Bonchev–Trinajstić information content (AvgIpc) is 2.91. The Bertz CT molecular complexity index is 1320. The van der Waals surface area contributed by atoms with Gasteiger partial charge in [-0.2, -0.15) is 0 Å². The lowest BCUT2D eigenvalue weighted by atomic mass is 10.0.